The Labute approximate surface area is 295 Å². The zero-order chi connectivity index (χ0) is 37.6. The van der Waals surface area contributed by atoms with E-state index in [1.165, 1.54) is 12.4 Å². The highest BCUT2D eigenvalue weighted by molar-refractivity contribution is 6.02. The lowest BCUT2D eigenvalue weighted by atomic mass is 10.3. The molecular weight excluding hydrogens is 684 g/mol. The molecule has 0 aliphatic carbocycles. The molecular formula is C34H30N6O12. The van der Waals surface area contributed by atoms with Gasteiger partial charge in [-0.25, -0.2) is 9.59 Å². The van der Waals surface area contributed by atoms with Gasteiger partial charge >= 0.3 is 12.3 Å². The van der Waals surface area contributed by atoms with E-state index in [9.17, 15) is 38.4 Å². The fourth-order valence-corrected chi connectivity index (χ4v) is 3.65. The average Bonchev–Trinajstić information content (AvgIpc) is 3.68. The highest BCUT2D eigenvalue weighted by atomic mass is 16.8. The van der Waals surface area contributed by atoms with Crippen LogP contribution in [0, 0.1) is 0 Å². The lowest BCUT2D eigenvalue weighted by Gasteiger charge is -2.12. The number of hydrogen-bond acceptors (Lipinski definition) is 16. The SMILES string of the molecule is O=C(OCc1cccnc1)ON1C(=O)CCC1=O.O=C(OCc1ccncc1)ON1C(=O)CCC1=O.O=Cc1cccnc1.O=Cc1ccncc1. The molecule has 2 saturated heterocycles. The molecule has 0 aromatic carbocycles. The van der Waals surface area contributed by atoms with E-state index in [0.29, 0.717) is 26.8 Å². The maximum atomic E-state index is 11.3. The highest BCUT2D eigenvalue weighted by Crippen LogP contribution is 2.14. The predicted molar refractivity (Wildman–Crippen MR) is 172 cm³/mol. The number of imide groups is 2. The summed E-state index contributed by atoms with van der Waals surface area (Å²) in [6.07, 6.45) is 12.1. The molecule has 2 aliphatic heterocycles. The normalized spacial score (nSPS) is 12.8. The minimum atomic E-state index is -1.09. The average molecular weight is 715 g/mol. The summed E-state index contributed by atoms with van der Waals surface area (Å²) in [5, 5.41) is 0.875. The van der Waals surface area contributed by atoms with Crippen LogP contribution in [0.4, 0.5) is 9.59 Å². The number of ether oxygens (including phenoxy) is 2. The van der Waals surface area contributed by atoms with Gasteiger partial charge in [-0.2, -0.15) is 0 Å². The second-order valence-electron chi connectivity index (χ2n) is 9.94. The fraction of sp³-hybridized carbons (Fsp3) is 0.176. The summed E-state index contributed by atoms with van der Waals surface area (Å²) in [7, 11) is 0. The summed E-state index contributed by atoms with van der Waals surface area (Å²) in [5.74, 6) is -2.17. The summed E-state index contributed by atoms with van der Waals surface area (Å²) >= 11 is 0. The van der Waals surface area contributed by atoms with E-state index < -0.39 is 35.9 Å². The summed E-state index contributed by atoms with van der Waals surface area (Å²) in [5.41, 5.74) is 2.68. The number of hydrogen-bond donors (Lipinski definition) is 0. The van der Waals surface area contributed by atoms with E-state index in [1.807, 2.05) is 0 Å². The molecule has 52 heavy (non-hydrogen) atoms. The van der Waals surface area contributed by atoms with Gasteiger partial charge in [0.15, 0.2) is 6.29 Å². The third-order valence-corrected chi connectivity index (χ3v) is 6.19. The van der Waals surface area contributed by atoms with E-state index in [-0.39, 0.29) is 38.9 Å². The van der Waals surface area contributed by atoms with Crippen LogP contribution >= 0.6 is 0 Å². The van der Waals surface area contributed by atoms with Crippen LogP contribution in [0.15, 0.2) is 98.1 Å². The van der Waals surface area contributed by atoms with Crippen LogP contribution in [0.2, 0.25) is 0 Å². The Balaban J connectivity index is 0.000000200. The van der Waals surface area contributed by atoms with Crippen molar-refractivity contribution in [2.75, 3.05) is 0 Å². The van der Waals surface area contributed by atoms with E-state index in [2.05, 4.69) is 29.6 Å². The molecule has 268 valence electrons. The van der Waals surface area contributed by atoms with Crippen molar-refractivity contribution in [2.24, 2.45) is 0 Å². The van der Waals surface area contributed by atoms with Crippen LogP contribution in [0.1, 0.15) is 57.5 Å². The van der Waals surface area contributed by atoms with Gasteiger partial charge in [-0.3, -0.25) is 58.4 Å². The Bertz CT molecular complexity index is 1630. The van der Waals surface area contributed by atoms with Gasteiger partial charge in [-0.15, -0.1) is 0 Å². The minimum Gasteiger partial charge on any atom is -0.428 e. The monoisotopic (exact) mass is 714 g/mol. The molecule has 18 heteroatoms. The van der Waals surface area contributed by atoms with Crippen LogP contribution in [-0.2, 0) is 51.5 Å². The zero-order valence-corrected chi connectivity index (χ0v) is 27.2. The number of aldehydes is 2. The number of pyridine rings is 4. The van der Waals surface area contributed by atoms with Crippen molar-refractivity contribution in [1.82, 2.24) is 30.1 Å². The maximum Gasteiger partial charge on any atom is 0.534 e. The molecule has 4 amide bonds. The van der Waals surface area contributed by atoms with Crippen molar-refractivity contribution in [3.63, 3.8) is 0 Å². The van der Waals surface area contributed by atoms with E-state index in [1.54, 1.807) is 85.7 Å². The molecule has 0 bridgehead atoms. The first-order valence-corrected chi connectivity index (χ1v) is 15.1. The van der Waals surface area contributed by atoms with E-state index in [0.717, 1.165) is 18.1 Å². The molecule has 0 radical (unpaired) electrons. The predicted octanol–water partition coefficient (Wildman–Crippen LogP) is 3.39. The van der Waals surface area contributed by atoms with Gasteiger partial charge in [0.1, 0.15) is 19.5 Å². The molecule has 0 spiro atoms. The first-order valence-electron chi connectivity index (χ1n) is 15.1. The molecule has 2 aliphatic rings. The van der Waals surface area contributed by atoms with Crippen molar-refractivity contribution in [1.29, 1.82) is 0 Å². The second kappa shape index (κ2) is 21.7. The Morgan fingerprint density at radius 2 is 0.981 bits per heavy atom. The molecule has 6 heterocycles. The van der Waals surface area contributed by atoms with Gasteiger partial charge < -0.3 is 9.47 Å². The van der Waals surface area contributed by atoms with Gasteiger partial charge in [-0.05, 0) is 48.0 Å². The molecule has 4 aromatic heterocycles. The highest BCUT2D eigenvalue weighted by Gasteiger charge is 2.34. The van der Waals surface area contributed by atoms with Gasteiger partial charge in [-0.1, -0.05) is 16.2 Å². The molecule has 2 fully saturated rings. The smallest absolute Gasteiger partial charge is 0.428 e. The second-order valence-corrected chi connectivity index (χ2v) is 9.94. The summed E-state index contributed by atoms with van der Waals surface area (Å²) in [6, 6.07) is 13.5. The van der Waals surface area contributed by atoms with Gasteiger partial charge in [0, 0.05) is 91.9 Å². The lowest BCUT2D eigenvalue weighted by molar-refractivity contribution is -0.178. The number of amides is 4. The van der Waals surface area contributed by atoms with Crippen molar-refractivity contribution < 1.29 is 57.5 Å². The largest absolute Gasteiger partial charge is 0.534 e. The van der Waals surface area contributed by atoms with Crippen molar-refractivity contribution in [3.8, 4) is 0 Å². The van der Waals surface area contributed by atoms with Crippen molar-refractivity contribution in [2.45, 2.75) is 38.9 Å². The molecule has 4 aromatic rings. The Morgan fingerprint density at radius 3 is 1.37 bits per heavy atom. The van der Waals surface area contributed by atoms with Crippen LogP contribution < -0.4 is 0 Å². The summed E-state index contributed by atoms with van der Waals surface area (Å²) in [6.45, 7) is -0.0551. The topological polar surface area (TPSA) is 232 Å². The number of nitrogens with zero attached hydrogens (tertiary/aromatic N) is 6. The number of rotatable bonds is 8. The summed E-state index contributed by atoms with van der Waals surface area (Å²) in [4.78, 5) is 111. The van der Waals surface area contributed by atoms with Crippen LogP contribution in [0.25, 0.3) is 0 Å². The molecule has 0 saturated carbocycles. The third kappa shape index (κ3) is 14.1. The molecule has 0 N–H and O–H groups in total. The Morgan fingerprint density at radius 1 is 0.538 bits per heavy atom. The third-order valence-electron chi connectivity index (χ3n) is 6.19. The molecule has 0 atom stereocenters. The number of carbonyl (C=O) groups excluding carboxylic acids is 8. The summed E-state index contributed by atoms with van der Waals surface area (Å²) < 4.78 is 9.49. The molecule has 0 unspecified atom stereocenters. The van der Waals surface area contributed by atoms with Crippen LogP contribution in [0.5, 0.6) is 0 Å². The molecule has 6 rings (SSSR count). The van der Waals surface area contributed by atoms with Gasteiger partial charge in [0.25, 0.3) is 23.6 Å². The quantitative estimate of drug-likeness (QED) is 0.145. The fourth-order valence-electron chi connectivity index (χ4n) is 3.65. The first kappa shape index (κ1) is 39.2. The lowest BCUT2D eigenvalue weighted by Crippen LogP contribution is -2.32. The number of carbonyl (C=O) groups is 8. The number of hydroxylamine groups is 4. The zero-order valence-electron chi connectivity index (χ0n) is 27.2. The Kier molecular flexibility index (Phi) is 16.3. The van der Waals surface area contributed by atoms with Gasteiger partial charge in [0.2, 0.25) is 0 Å². The number of aromatic nitrogens is 4. The standard InChI is InChI=1S/2C11H10N2O5.2C6H5NO/c14-9-1-2-10(15)13(9)18-11(16)17-7-8-3-5-12-6-4-8;14-9-3-4-10(15)13(9)18-11(16)17-7-8-2-1-5-12-6-8;8-5-6-1-3-7-4-2-6;8-5-6-2-1-3-7-4-6/h3-6H,1-2,7H2;1-2,5-6H,3-4,7H2;2*1-5H. The Hall–Kier alpha value is -7.24. The molecule has 18 nitrogen and oxygen atoms in total. The first-order chi connectivity index (χ1) is 25.2. The minimum absolute atomic E-state index is 0.0163. The van der Waals surface area contributed by atoms with Crippen molar-refractivity contribution >= 4 is 48.5 Å². The van der Waals surface area contributed by atoms with Crippen LogP contribution in [-0.4, -0.2) is 78.6 Å². The van der Waals surface area contributed by atoms with Crippen molar-refractivity contribution in [3.05, 3.63) is 120 Å². The van der Waals surface area contributed by atoms with E-state index in [4.69, 9.17) is 9.47 Å². The van der Waals surface area contributed by atoms with Crippen LogP contribution in [0.3, 0.4) is 0 Å². The van der Waals surface area contributed by atoms with E-state index >= 15 is 0 Å². The maximum absolute atomic E-state index is 11.3. The van der Waals surface area contributed by atoms with Gasteiger partial charge in [0.05, 0.1) is 0 Å².